The topological polar surface area (TPSA) is 106 Å². The molecule has 1 atom stereocenters. The van der Waals surface area contributed by atoms with Crippen LogP contribution >= 0.6 is 0 Å². The minimum atomic E-state index is -0.964. The molecule has 0 spiro atoms. The lowest BCUT2D eigenvalue weighted by molar-refractivity contribution is -0.131. The molecule has 2 aliphatic heterocycles. The fraction of sp³-hybridized carbons (Fsp3) is 0.387. The molecule has 3 heterocycles. The molecular weight excluding hydrogens is 478 g/mol. The summed E-state index contributed by atoms with van der Waals surface area (Å²) in [5, 5.41) is 10.9. The van der Waals surface area contributed by atoms with Gasteiger partial charge in [-0.2, -0.15) is 0 Å². The number of aromatic carboxylic acids is 1. The number of carboxylic acid groups (broad SMARTS) is 1. The fourth-order valence-corrected chi connectivity index (χ4v) is 6.74. The number of piperidine rings is 1. The fourth-order valence-electron chi connectivity index (χ4n) is 6.74. The number of primary amides is 1. The van der Waals surface area contributed by atoms with Crippen molar-refractivity contribution in [1.29, 1.82) is 0 Å². The van der Waals surface area contributed by atoms with Crippen LogP contribution in [0.25, 0.3) is 28.2 Å². The first-order valence-corrected chi connectivity index (χ1v) is 13.7. The molecule has 7 nitrogen and oxygen atoms in total. The summed E-state index contributed by atoms with van der Waals surface area (Å²) >= 11 is 0. The van der Waals surface area contributed by atoms with Crippen molar-refractivity contribution >= 4 is 34.8 Å². The lowest BCUT2D eigenvalue weighted by atomic mass is 9.81. The molecule has 1 aromatic heterocycles. The maximum Gasteiger partial charge on any atom is 0.335 e. The average molecular weight is 512 g/mol. The number of fused-ring (bicyclic) bond motifs is 5. The van der Waals surface area contributed by atoms with Crippen LogP contribution in [-0.4, -0.2) is 45.4 Å². The van der Waals surface area contributed by atoms with Crippen molar-refractivity contribution in [3.63, 3.8) is 0 Å². The lowest BCUT2D eigenvalue weighted by Gasteiger charge is -2.32. The lowest BCUT2D eigenvalue weighted by Crippen LogP contribution is -2.44. The molecule has 38 heavy (non-hydrogen) atoms. The Bertz CT molecular complexity index is 1480. The second kappa shape index (κ2) is 9.78. The van der Waals surface area contributed by atoms with Crippen molar-refractivity contribution < 1.29 is 19.5 Å². The zero-order valence-electron chi connectivity index (χ0n) is 21.5. The molecule has 1 unspecified atom stereocenters. The molecule has 3 aliphatic rings. The summed E-state index contributed by atoms with van der Waals surface area (Å²) < 4.78 is 2.16. The van der Waals surface area contributed by atoms with Crippen LogP contribution in [0.3, 0.4) is 0 Å². The highest BCUT2D eigenvalue weighted by Gasteiger charge is 2.33. The Morgan fingerprint density at radius 1 is 0.947 bits per heavy atom. The van der Waals surface area contributed by atoms with Gasteiger partial charge in [-0.05, 0) is 60.9 Å². The SMILES string of the molecule is NC(=O)C1CCCN(C(=O)C2=Cc3ccccc3-c3c(C4CCCCC4)c4ccc(C(=O)O)cc4n3C2)C1. The minimum Gasteiger partial charge on any atom is -0.478 e. The first-order chi connectivity index (χ1) is 18.4. The van der Waals surface area contributed by atoms with Gasteiger partial charge in [0.25, 0.3) is 5.91 Å². The van der Waals surface area contributed by atoms with E-state index in [0.717, 1.165) is 47.0 Å². The first-order valence-electron chi connectivity index (χ1n) is 13.7. The largest absolute Gasteiger partial charge is 0.478 e. The van der Waals surface area contributed by atoms with Gasteiger partial charge >= 0.3 is 5.97 Å². The predicted octanol–water partition coefficient (Wildman–Crippen LogP) is 5.18. The van der Waals surface area contributed by atoms with Crippen molar-refractivity contribution in [2.45, 2.75) is 57.4 Å². The van der Waals surface area contributed by atoms with Gasteiger partial charge < -0.3 is 20.3 Å². The highest BCUT2D eigenvalue weighted by Crippen LogP contribution is 2.46. The third-order valence-electron chi connectivity index (χ3n) is 8.62. The molecule has 3 aromatic rings. The van der Waals surface area contributed by atoms with Gasteiger partial charge in [-0.15, -0.1) is 0 Å². The Balaban J connectivity index is 1.53. The third-order valence-corrected chi connectivity index (χ3v) is 8.62. The molecule has 0 bridgehead atoms. The van der Waals surface area contributed by atoms with E-state index in [2.05, 4.69) is 10.6 Å². The summed E-state index contributed by atoms with van der Waals surface area (Å²) in [4.78, 5) is 39.5. The normalized spacial score (nSPS) is 19.8. The first kappa shape index (κ1) is 24.5. The molecule has 3 N–H and O–H groups in total. The van der Waals surface area contributed by atoms with Crippen molar-refractivity contribution in [1.82, 2.24) is 9.47 Å². The molecule has 196 valence electrons. The van der Waals surface area contributed by atoms with Gasteiger partial charge in [0.15, 0.2) is 0 Å². The van der Waals surface area contributed by atoms with Crippen molar-refractivity contribution in [2.24, 2.45) is 11.7 Å². The summed E-state index contributed by atoms with van der Waals surface area (Å²) in [5.74, 6) is -1.35. The van der Waals surface area contributed by atoms with Crippen molar-refractivity contribution in [3.05, 3.63) is 64.7 Å². The maximum absolute atomic E-state index is 13.9. The van der Waals surface area contributed by atoms with Crippen LogP contribution in [0.1, 0.15) is 72.3 Å². The number of nitrogens with two attached hydrogens (primary N) is 1. The Hall–Kier alpha value is -3.87. The monoisotopic (exact) mass is 511 g/mol. The van der Waals surface area contributed by atoms with Crippen LogP contribution in [0.2, 0.25) is 0 Å². The number of carbonyl (C=O) groups is 3. The number of rotatable bonds is 4. The number of nitrogens with zero attached hydrogens (tertiary/aromatic N) is 2. The zero-order valence-corrected chi connectivity index (χ0v) is 21.5. The van der Waals surface area contributed by atoms with E-state index in [1.807, 2.05) is 30.3 Å². The van der Waals surface area contributed by atoms with E-state index in [9.17, 15) is 19.5 Å². The summed E-state index contributed by atoms with van der Waals surface area (Å²) in [5.41, 5.74) is 11.7. The van der Waals surface area contributed by atoms with E-state index in [0.29, 0.717) is 37.5 Å². The van der Waals surface area contributed by atoms with Crippen LogP contribution in [0.4, 0.5) is 0 Å². The highest BCUT2D eigenvalue weighted by atomic mass is 16.4. The van der Waals surface area contributed by atoms with E-state index in [4.69, 9.17) is 5.73 Å². The summed E-state index contributed by atoms with van der Waals surface area (Å²) in [6.07, 6.45) is 9.26. The Morgan fingerprint density at radius 2 is 1.74 bits per heavy atom. The Morgan fingerprint density at radius 3 is 2.50 bits per heavy atom. The third kappa shape index (κ3) is 4.20. The predicted molar refractivity (Wildman–Crippen MR) is 147 cm³/mol. The van der Waals surface area contributed by atoms with Gasteiger partial charge in [-0.25, -0.2) is 4.79 Å². The second-order valence-corrected chi connectivity index (χ2v) is 11.0. The van der Waals surface area contributed by atoms with E-state index in [1.165, 1.54) is 24.8 Å². The van der Waals surface area contributed by atoms with Gasteiger partial charge in [0, 0.05) is 35.1 Å². The van der Waals surface area contributed by atoms with Crippen molar-refractivity contribution in [3.8, 4) is 11.3 Å². The van der Waals surface area contributed by atoms with Crippen LogP contribution < -0.4 is 5.73 Å². The maximum atomic E-state index is 13.9. The van der Waals surface area contributed by atoms with Gasteiger partial charge in [-0.1, -0.05) is 49.6 Å². The number of hydrogen-bond donors (Lipinski definition) is 2. The van der Waals surface area contributed by atoms with Gasteiger partial charge in [0.05, 0.1) is 23.7 Å². The molecule has 7 heteroatoms. The Kier molecular flexibility index (Phi) is 6.30. The number of amides is 2. The summed E-state index contributed by atoms with van der Waals surface area (Å²) in [6.45, 7) is 1.27. The molecule has 2 fully saturated rings. The van der Waals surface area contributed by atoms with Gasteiger partial charge in [0.2, 0.25) is 5.91 Å². The number of carbonyl (C=O) groups excluding carboxylic acids is 2. The minimum absolute atomic E-state index is 0.0888. The number of aromatic nitrogens is 1. The number of hydrogen-bond acceptors (Lipinski definition) is 3. The average Bonchev–Trinajstić information content (AvgIpc) is 3.15. The summed E-state index contributed by atoms with van der Waals surface area (Å²) in [6, 6.07) is 13.6. The standard InChI is InChI=1S/C31H33N3O4/c32-29(35)22-10-6-14-33(17-22)30(36)23-15-20-9-4-5-11-24(20)28-27(19-7-2-1-3-8-19)25-13-12-21(31(37)38)16-26(25)34(28)18-23/h4-5,9,11-13,15-16,19,22H,1-3,6-8,10,14,17-18H2,(H2,32,35)(H,37,38). The quantitative estimate of drug-likeness (QED) is 0.504. The number of carboxylic acids is 1. The van der Waals surface area contributed by atoms with E-state index < -0.39 is 5.97 Å². The summed E-state index contributed by atoms with van der Waals surface area (Å²) in [7, 11) is 0. The molecular formula is C31H33N3O4. The van der Waals surface area contributed by atoms with E-state index in [-0.39, 0.29) is 23.3 Å². The zero-order chi connectivity index (χ0) is 26.4. The van der Waals surface area contributed by atoms with Gasteiger partial charge in [-0.3, -0.25) is 9.59 Å². The molecule has 2 aromatic carbocycles. The second-order valence-electron chi connectivity index (χ2n) is 11.0. The highest BCUT2D eigenvalue weighted by molar-refractivity contribution is 6.03. The van der Waals surface area contributed by atoms with Crippen LogP contribution in [0, 0.1) is 5.92 Å². The van der Waals surface area contributed by atoms with Crippen molar-refractivity contribution in [2.75, 3.05) is 13.1 Å². The van der Waals surface area contributed by atoms with Crippen LogP contribution in [-0.2, 0) is 16.1 Å². The Labute approximate surface area is 221 Å². The van der Waals surface area contributed by atoms with E-state index >= 15 is 0 Å². The molecule has 1 saturated heterocycles. The smallest absolute Gasteiger partial charge is 0.335 e. The molecule has 1 saturated carbocycles. The number of likely N-dealkylation sites (tertiary alicyclic amines) is 1. The van der Waals surface area contributed by atoms with Crippen LogP contribution in [0.15, 0.2) is 48.0 Å². The molecule has 0 radical (unpaired) electrons. The molecule has 1 aliphatic carbocycles. The van der Waals surface area contributed by atoms with Crippen LogP contribution in [0.5, 0.6) is 0 Å². The van der Waals surface area contributed by atoms with E-state index in [1.54, 1.807) is 17.0 Å². The van der Waals surface area contributed by atoms with Gasteiger partial charge in [0.1, 0.15) is 0 Å². The molecule has 6 rings (SSSR count). The molecule has 2 amide bonds. The number of benzene rings is 2.